The zero-order valence-corrected chi connectivity index (χ0v) is 19.6. The molecule has 5 rings (SSSR count). The van der Waals surface area contributed by atoms with Crippen LogP contribution >= 0.6 is 0 Å². The first kappa shape index (κ1) is 25.1. The van der Waals surface area contributed by atoms with Crippen molar-refractivity contribution >= 4 is 31.5 Å². The van der Waals surface area contributed by atoms with Crippen LogP contribution in [0.3, 0.4) is 0 Å². The van der Waals surface area contributed by atoms with Crippen LogP contribution in [-0.4, -0.2) is 51.0 Å². The summed E-state index contributed by atoms with van der Waals surface area (Å²) in [7, 11) is -7.58. The van der Waals surface area contributed by atoms with E-state index in [9.17, 15) is 43.6 Å². The summed E-state index contributed by atoms with van der Waals surface area (Å²) < 4.78 is 118. The Labute approximate surface area is 193 Å². The van der Waals surface area contributed by atoms with Gasteiger partial charge in [0.15, 0.2) is 0 Å². The van der Waals surface area contributed by atoms with E-state index in [1.54, 1.807) is 0 Å². The van der Waals surface area contributed by atoms with Crippen LogP contribution in [0.15, 0.2) is 18.2 Å². The van der Waals surface area contributed by atoms with Crippen molar-refractivity contribution in [1.82, 2.24) is 5.32 Å². The van der Waals surface area contributed by atoms with E-state index < -0.39 is 70.9 Å². The lowest BCUT2D eigenvalue weighted by molar-refractivity contribution is -0.273. The first-order valence-corrected chi connectivity index (χ1v) is 13.9. The lowest BCUT2D eigenvalue weighted by atomic mass is 9.37. The van der Waals surface area contributed by atoms with Crippen LogP contribution < -0.4 is 10.0 Å². The topological polar surface area (TPSA) is 109 Å². The molecule has 1 amide bonds. The third kappa shape index (κ3) is 4.38. The number of sulfonamides is 1. The number of rotatable bonds is 6. The summed E-state index contributed by atoms with van der Waals surface area (Å²) in [5, 5.41) is 1.41. The number of hydrogen-bond acceptors (Lipinski definition) is 5. The van der Waals surface area contributed by atoms with Gasteiger partial charge in [-0.1, -0.05) is 0 Å². The number of anilines is 1. The number of carbonyl (C=O) groups excluding carboxylic acids is 1. The summed E-state index contributed by atoms with van der Waals surface area (Å²) in [5.41, 5.74) is -4.37. The van der Waals surface area contributed by atoms with Gasteiger partial charge in [0.25, 0.3) is 11.8 Å². The molecule has 1 saturated heterocycles. The minimum atomic E-state index is -4.81. The van der Waals surface area contributed by atoms with E-state index >= 15 is 0 Å². The largest absolute Gasteiger partial charge is 0.416 e. The van der Waals surface area contributed by atoms with Crippen molar-refractivity contribution in [2.75, 3.05) is 16.2 Å². The molecule has 4 fully saturated rings. The number of alkyl halides is 5. The SMILES string of the molecule is CC(F)(F)C12CC(NC(=O)c3cc(C(F)(F)F)ccc3NS(=O)(=O)C3CCS(=O)(=O)CC3)(C1)C2. The average molecular weight is 531 g/mol. The fourth-order valence-electron chi connectivity index (χ4n) is 5.11. The molecule has 2 N–H and O–H groups in total. The van der Waals surface area contributed by atoms with E-state index in [4.69, 9.17) is 0 Å². The molecule has 7 nitrogen and oxygen atoms in total. The fraction of sp³-hybridized carbons (Fsp3) is 0.650. The number of halogens is 5. The molecular formula is C20H23F5N2O5S2. The van der Waals surface area contributed by atoms with Crippen molar-refractivity contribution in [1.29, 1.82) is 0 Å². The van der Waals surface area contributed by atoms with Crippen molar-refractivity contribution in [3.05, 3.63) is 29.3 Å². The maximum Gasteiger partial charge on any atom is 0.416 e. The highest BCUT2D eigenvalue weighted by Gasteiger charge is 2.76. The molecule has 2 bridgehead atoms. The number of carbonyl (C=O) groups is 1. The molecule has 34 heavy (non-hydrogen) atoms. The normalized spacial score (nSPS) is 29.0. The molecule has 190 valence electrons. The summed E-state index contributed by atoms with van der Waals surface area (Å²) in [6, 6.07) is 1.94. The maximum atomic E-state index is 13.7. The van der Waals surface area contributed by atoms with Gasteiger partial charge in [-0.15, -0.1) is 0 Å². The summed E-state index contributed by atoms with van der Waals surface area (Å²) in [5.74, 6) is -4.65. The number of hydrogen-bond donors (Lipinski definition) is 2. The molecule has 1 aliphatic heterocycles. The molecule has 1 heterocycles. The van der Waals surface area contributed by atoms with Crippen molar-refractivity contribution in [3.8, 4) is 0 Å². The molecule has 0 unspecified atom stereocenters. The predicted molar refractivity (Wildman–Crippen MR) is 113 cm³/mol. The van der Waals surface area contributed by atoms with Crippen LogP contribution in [0.5, 0.6) is 0 Å². The zero-order chi connectivity index (χ0) is 25.4. The van der Waals surface area contributed by atoms with Crippen LogP contribution in [-0.2, 0) is 26.0 Å². The summed E-state index contributed by atoms with van der Waals surface area (Å²) in [6.07, 6.45) is -5.25. The van der Waals surface area contributed by atoms with Gasteiger partial charge in [-0.05, 0) is 57.2 Å². The first-order valence-electron chi connectivity index (χ1n) is 10.5. The van der Waals surface area contributed by atoms with Crippen molar-refractivity contribution in [2.45, 2.75) is 61.9 Å². The van der Waals surface area contributed by atoms with Gasteiger partial charge in [0.1, 0.15) is 9.84 Å². The highest BCUT2D eigenvalue weighted by Crippen LogP contribution is 2.72. The second-order valence-electron chi connectivity index (χ2n) is 9.69. The summed E-state index contributed by atoms with van der Waals surface area (Å²) in [6.45, 7) is 0.786. The van der Waals surface area contributed by atoms with Crippen LogP contribution in [0.4, 0.5) is 27.6 Å². The second kappa shape index (κ2) is 7.52. The minimum Gasteiger partial charge on any atom is -0.346 e. The third-order valence-electron chi connectivity index (χ3n) is 7.12. The molecule has 14 heteroatoms. The smallest absolute Gasteiger partial charge is 0.346 e. The fourth-order valence-corrected chi connectivity index (χ4v) is 8.40. The van der Waals surface area contributed by atoms with E-state index in [-0.39, 0.29) is 43.6 Å². The highest BCUT2D eigenvalue weighted by molar-refractivity contribution is 7.94. The summed E-state index contributed by atoms with van der Waals surface area (Å²) in [4.78, 5) is 12.9. The molecule has 0 atom stereocenters. The Morgan fingerprint density at radius 3 is 2.12 bits per heavy atom. The molecule has 0 radical (unpaired) electrons. The van der Waals surface area contributed by atoms with Gasteiger partial charge in [0.05, 0.1) is 33.6 Å². The number of nitrogens with one attached hydrogen (secondary N) is 2. The Morgan fingerprint density at radius 2 is 1.62 bits per heavy atom. The Hall–Kier alpha value is -1.96. The maximum absolute atomic E-state index is 13.7. The standard InChI is InChI=1S/C20H23F5N2O5S2/c1-17(21,22)18-9-19(10-18,11-18)26-16(28)14-8-12(20(23,24)25)2-3-15(14)27-34(31,32)13-4-6-33(29,30)7-5-13/h2-3,8,13,27H,4-7,9-11H2,1H3,(H,26,28). The van der Waals surface area contributed by atoms with Crippen LogP contribution in [0.1, 0.15) is 54.9 Å². The van der Waals surface area contributed by atoms with E-state index in [2.05, 4.69) is 10.0 Å². The number of amides is 1. The van der Waals surface area contributed by atoms with Crippen molar-refractivity contribution < 1.29 is 43.6 Å². The molecule has 1 aromatic rings. The highest BCUT2D eigenvalue weighted by atomic mass is 32.2. The Balaban J connectivity index is 1.57. The average Bonchev–Trinajstić information content (AvgIpc) is 2.60. The minimum absolute atomic E-state index is 0.0220. The molecule has 3 saturated carbocycles. The van der Waals surface area contributed by atoms with Crippen molar-refractivity contribution in [3.63, 3.8) is 0 Å². The van der Waals surface area contributed by atoms with E-state index in [1.807, 2.05) is 0 Å². The van der Waals surface area contributed by atoms with Gasteiger partial charge in [0, 0.05) is 11.0 Å². The lowest BCUT2D eigenvalue weighted by Gasteiger charge is -2.72. The van der Waals surface area contributed by atoms with Gasteiger partial charge < -0.3 is 5.32 Å². The quantitative estimate of drug-likeness (QED) is 0.549. The van der Waals surface area contributed by atoms with Crippen LogP contribution in [0.25, 0.3) is 0 Å². The molecule has 0 aromatic heterocycles. The molecule has 0 spiro atoms. The summed E-state index contributed by atoms with van der Waals surface area (Å²) >= 11 is 0. The third-order valence-corrected chi connectivity index (χ3v) is 10.7. The second-order valence-corrected chi connectivity index (χ2v) is 14.0. The molecule has 1 aromatic carbocycles. The molecule has 3 aliphatic carbocycles. The van der Waals surface area contributed by atoms with Gasteiger partial charge in [-0.25, -0.2) is 25.6 Å². The Kier molecular flexibility index (Phi) is 5.56. The van der Waals surface area contributed by atoms with E-state index in [0.717, 1.165) is 13.0 Å². The predicted octanol–water partition coefficient (Wildman–Crippen LogP) is 3.33. The van der Waals surface area contributed by atoms with Crippen LogP contribution in [0, 0.1) is 5.41 Å². The number of sulfone groups is 1. The molecule has 4 aliphatic rings. The van der Waals surface area contributed by atoms with Crippen molar-refractivity contribution in [2.24, 2.45) is 5.41 Å². The van der Waals surface area contributed by atoms with E-state index in [1.165, 1.54) is 0 Å². The zero-order valence-electron chi connectivity index (χ0n) is 18.0. The van der Waals surface area contributed by atoms with Gasteiger partial charge in [-0.3, -0.25) is 9.52 Å². The Bertz CT molecular complexity index is 1210. The van der Waals surface area contributed by atoms with Gasteiger partial charge in [0.2, 0.25) is 10.0 Å². The van der Waals surface area contributed by atoms with Gasteiger partial charge >= 0.3 is 6.18 Å². The lowest BCUT2D eigenvalue weighted by Crippen LogP contribution is -2.79. The van der Waals surface area contributed by atoms with Crippen LogP contribution in [0.2, 0.25) is 0 Å². The first-order chi connectivity index (χ1) is 15.4. The Morgan fingerprint density at radius 1 is 1.06 bits per heavy atom. The number of benzene rings is 1. The monoisotopic (exact) mass is 530 g/mol. The van der Waals surface area contributed by atoms with Gasteiger partial charge in [-0.2, -0.15) is 13.2 Å². The molecular weight excluding hydrogens is 507 g/mol. The van der Waals surface area contributed by atoms with E-state index in [0.29, 0.717) is 12.1 Å².